The second-order valence-corrected chi connectivity index (χ2v) is 5.33. The van der Waals surface area contributed by atoms with Crippen LogP contribution in [-0.2, 0) is 11.3 Å². The maximum absolute atomic E-state index is 12.1. The molecule has 1 heterocycles. The number of halogens is 1. The predicted octanol–water partition coefficient (Wildman–Crippen LogP) is 2.15. The summed E-state index contributed by atoms with van der Waals surface area (Å²) < 4.78 is 0. The van der Waals surface area contributed by atoms with Crippen molar-refractivity contribution in [2.75, 3.05) is 0 Å². The fraction of sp³-hybridized carbons (Fsp3) is 0.188. The molecule has 1 atom stereocenters. The number of aromatic nitrogens is 1. The van der Waals surface area contributed by atoms with Gasteiger partial charge >= 0.3 is 6.03 Å². The van der Waals surface area contributed by atoms with Gasteiger partial charge in [-0.2, -0.15) is 0 Å². The van der Waals surface area contributed by atoms with Crippen molar-refractivity contribution in [3.63, 3.8) is 0 Å². The van der Waals surface area contributed by atoms with Crippen molar-refractivity contribution in [1.29, 1.82) is 0 Å². The molecular formula is C16H17ClN4O2. The molecule has 3 amide bonds. The van der Waals surface area contributed by atoms with Crippen molar-refractivity contribution < 1.29 is 9.59 Å². The van der Waals surface area contributed by atoms with Gasteiger partial charge in [-0.3, -0.25) is 9.78 Å². The van der Waals surface area contributed by atoms with Gasteiger partial charge in [-0.15, -0.1) is 0 Å². The smallest absolute Gasteiger partial charge is 0.312 e. The van der Waals surface area contributed by atoms with Crippen molar-refractivity contribution in [3.8, 4) is 0 Å². The average molecular weight is 333 g/mol. The van der Waals surface area contributed by atoms with Gasteiger partial charge in [0.05, 0.1) is 12.5 Å². The molecule has 0 saturated heterocycles. The molecule has 7 heteroatoms. The first kappa shape index (κ1) is 16.8. The number of urea groups is 1. The third kappa shape index (κ3) is 5.27. The lowest BCUT2D eigenvalue weighted by Crippen LogP contribution is -2.36. The van der Waals surface area contributed by atoms with E-state index in [0.29, 0.717) is 17.1 Å². The highest BCUT2D eigenvalue weighted by Crippen LogP contribution is 2.24. The molecule has 0 aliphatic carbocycles. The Labute approximate surface area is 139 Å². The second kappa shape index (κ2) is 8.14. The van der Waals surface area contributed by atoms with Crippen LogP contribution in [0.2, 0.25) is 5.02 Å². The number of rotatable bonds is 6. The lowest BCUT2D eigenvalue weighted by Gasteiger charge is -2.19. The van der Waals surface area contributed by atoms with Gasteiger partial charge in [0.15, 0.2) is 0 Å². The summed E-state index contributed by atoms with van der Waals surface area (Å²) >= 11 is 6.13. The van der Waals surface area contributed by atoms with Crippen LogP contribution < -0.4 is 16.4 Å². The van der Waals surface area contributed by atoms with Crippen LogP contribution in [0.15, 0.2) is 48.8 Å². The first-order chi connectivity index (χ1) is 11.1. The van der Waals surface area contributed by atoms with Crippen LogP contribution >= 0.6 is 11.6 Å². The van der Waals surface area contributed by atoms with E-state index >= 15 is 0 Å². The zero-order chi connectivity index (χ0) is 16.7. The number of primary amides is 1. The molecular weight excluding hydrogens is 316 g/mol. The molecule has 4 N–H and O–H groups in total. The topological polar surface area (TPSA) is 97.1 Å². The Morgan fingerprint density at radius 3 is 2.65 bits per heavy atom. The summed E-state index contributed by atoms with van der Waals surface area (Å²) in [7, 11) is 0. The minimum Gasteiger partial charge on any atom is -0.352 e. The molecule has 0 aliphatic rings. The highest BCUT2D eigenvalue weighted by molar-refractivity contribution is 6.31. The number of carbonyl (C=O) groups excluding carboxylic acids is 2. The normalized spacial score (nSPS) is 11.5. The van der Waals surface area contributed by atoms with Gasteiger partial charge in [-0.25, -0.2) is 4.79 Å². The van der Waals surface area contributed by atoms with Gasteiger partial charge in [0, 0.05) is 24.0 Å². The zero-order valence-corrected chi connectivity index (χ0v) is 13.1. The fourth-order valence-electron chi connectivity index (χ4n) is 2.13. The number of nitrogens with two attached hydrogens (primary N) is 1. The molecule has 0 unspecified atom stereocenters. The third-order valence-corrected chi connectivity index (χ3v) is 3.54. The highest BCUT2D eigenvalue weighted by Gasteiger charge is 2.19. The third-order valence-electron chi connectivity index (χ3n) is 3.20. The average Bonchev–Trinajstić information content (AvgIpc) is 2.53. The second-order valence-electron chi connectivity index (χ2n) is 4.92. The fourth-order valence-corrected chi connectivity index (χ4v) is 2.40. The summed E-state index contributed by atoms with van der Waals surface area (Å²) in [6.07, 6.45) is 3.37. The Bertz CT molecular complexity index is 679. The number of amides is 3. The molecule has 0 bridgehead atoms. The lowest BCUT2D eigenvalue weighted by molar-refractivity contribution is -0.121. The van der Waals surface area contributed by atoms with E-state index in [0.717, 1.165) is 5.56 Å². The molecule has 120 valence electrons. The summed E-state index contributed by atoms with van der Waals surface area (Å²) in [5.41, 5.74) is 6.72. The van der Waals surface area contributed by atoms with Crippen LogP contribution in [0, 0.1) is 0 Å². The van der Waals surface area contributed by atoms with Crippen LogP contribution in [0.5, 0.6) is 0 Å². The molecule has 1 aromatic carbocycles. The molecule has 0 aliphatic heterocycles. The number of carbonyl (C=O) groups is 2. The highest BCUT2D eigenvalue weighted by atomic mass is 35.5. The van der Waals surface area contributed by atoms with Crippen LogP contribution in [0.3, 0.4) is 0 Å². The number of hydrogen-bond acceptors (Lipinski definition) is 3. The van der Waals surface area contributed by atoms with E-state index in [9.17, 15) is 9.59 Å². The van der Waals surface area contributed by atoms with Crippen LogP contribution in [0.1, 0.15) is 23.6 Å². The van der Waals surface area contributed by atoms with Crippen LogP contribution in [-0.4, -0.2) is 16.9 Å². The molecule has 6 nitrogen and oxygen atoms in total. The monoisotopic (exact) mass is 332 g/mol. The molecule has 0 spiro atoms. The van der Waals surface area contributed by atoms with Gasteiger partial charge in [0.1, 0.15) is 0 Å². The van der Waals surface area contributed by atoms with E-state index in [4.69, 9.17) is 17.3 Å². The van der Waals surface area contributed by atoms with E-state index in [1.165, 1.54) is 0 Å². The molecule has 23 heavy (non-hydrogen) atoms. The predicted molar refractivity (Wildman–Crippen MR) is 87.6 cm³/mol. The maximum atomic E-state index is 12.1. The van der Waals surface area contributed by atoms with Gasteiger partial charge < -0.3 is 16.4 Å². The molecule has 2 rings (SSSR count). The molecule has 2 aromatic rings. The van der Waals surface area contributed by atoms with Crippen molar-refractivity contribution in [1.82, 2.24) is 15.6 Å². The lowest BCUT2D eigenvalue weighted by atomic mass is 10.0. The summed E-state index contributed by atoms with van der Waals surface area (Å²) in [6, 6.07) is 9.35. The van der Waals surface area contributed by atoms with Crippen LogP contribution in [0.25, 0.3) is 0 Å². The Hall–Kier alpha value is -2.60. The quantitative estimate of drug-likeness (QED) is 0.756. The summed E-state index contributed by atoms with van der Waals surface area (Å²) in [5, 5.41) is 5.79. The molecule has 1 aromatic heterocycles. The Morgan fingerprint density at radius 2 is 2.00 bits per heavy atom. The number of hydrogen-bond donors (Lipinski definition) is 3. The zero-order valence-electron chi connectivity index (χ0n) is 12.3. The number of nitrogens with zero attached hydrogens (tertiary/aromatic N) is 1. The van der Waals surface area contributed by atoms with Gasteiger partial charge in [0.25, 0.3) is 0 Å². The molecule has 0 fully saturated rings. The Morgan fingerprint density at radius 1 is 1.22 bits per heavy atom. The van der Waals surface area contributed by atoms with Gasteiger partial charge in [-0.05, 0) is 23.3 Å². The number of nitrogens with one attached hydrogen (secondary N) is 2. The number of benzene rings is 1. The van der Waals surface area contributed by atoms with Crippen molar-refractivity contribution in [2.24, 2.45) is 5.73 Å². The van der Waals surface area contributed by atoms with Gasteiger partial charge in [0.2, 0.25) is 5.91 Å². The van der Waals surface area contributed by atoms with Gasteiger partial charge in [-0.1, -0.05) is 35.9 Å². The van der Waals surface area contributed by atoms with Crippen LogP contribution in [0.4, 0.5) is 4.79 Å². The Kier molecular flexibility index (Phi) is 5.94. The largest absolute Gasteiger partial charge is 0.352 e. The first-order valence-corrected chi connectivity index (χ1v) is 7.40. The van der Waals surface area contributed by atoms with E-state index in [-0.39, 0.29) is 12.3 Å². The van der Waals surface area contributed by atoms with E-state index in [2.05, 4.69) is 15.6 Å². The van der Waals surface area contributed by atoms with E-state index < -0.39 is 12.1 Å². The van der Waals surface area contributed by atoms with E-state index in [1.54, 1.807) is 42.7 Å². The summed E-state index contributed by atoms with van der Waals surface area (Å²) in [6.45, 7) is 0.360. The minimum atomic E-state index is -0.713. The van der Waals surface area contributed by atoms with Crippen molar-refractivity contribution >= 4 is 23.5 Å². The van der Waals surface area contributed by atoms with E-state index in [1.807, 2.05) is 6.07 Å². The Balaban J connectivity index is 2.01. The minimum absolute atomic E-state index is 0.0347. The standard InChI is InChI=1S/C16H17ClN4O2/c17-13-6-2-1-5-12(13)14(21-16(18)23)8-15(22)20-10-11-4-3-7-19-9-11/h1-7,9,14H,8,10H2,(H,20,22)(H3,18,21,23)/t14-/m1/s1. The SMILES string of the molecule is NC(=O)N[C@H](CC(=O)NCc1cccnc1)c1ccccc1Cl. The number of pyridine rings is 1. The maximum Gasteiger partial charge on any atom is 0.312 e. The molecule has 0 saturated carbocycles. The molecule has 0 radical (unpaired) electrons. The first-order valence-electron chi connectivity index (χ1n) is 7.02. The van der Waals surface area contributed by atoms with Crippen molar-refractivity contribution in [2.45, 2.75) is 19.0 Å². The summed E-state index contributed by atoms with van der Waals surface area (Å²) in [4.78, 5) is 27.3. The van der Waals surface area contributed by atoms with Crippen molar-refractivity contribution in [3.05, 3.63) is 64.9 Å². The summed E-state index contributed by atoms with van der Waals surface area (Å²) in [5.74, 6) is -0.229.